The van der Waals surface area contributed by atoms with Gasteiger partial charge in [0.25, 0.3) is 5.91 Å². The van der Waals surface area contributed by atoms with E-state index in [1.165, 1.54) is 16.9 Å². The summed E-state index contributed by atoms with van der Waals surface area (Å²) < 4.78 is 40.6. The van der Waals surface area contributed by atoms with E-state index in [9.17, 15) is 18.0 Å². The Kier molecular flexibility index (Phi) is 5.89. The predicted octanol–water partition coefficient (Wildman–Crippen LogP) is 4.11. The highest BCUT2D eigenvalue weighted by atomic mass is 79.9. The highest BCUT2D eigenvalue weighted by Gasteiger charge is 2.32. The summed E-state index contributed by atoms with van der Waals surface area (Å²) in [7, 11) is 0. The summed E-state index contributed by atoms with van der Waals surface area (Å²) in [5.74, 6) is 0.435. The third-order valence-corrected chi connectivity index (χ3v) is 4.51. The topological polar surface area (TPSA) is 96.5 Å². The molecule has 1 amide bonds. The highest BCUT2D eigenvalue weighted by molar-refractivity contribution is 9.10. The Bertz CT molecular complexity index is 1130. The second kappa shape index (κ2) is 8.23. The fraction of sp³-hybridized carbons (Fsp3) is 0.211. The second-order valence-electron chi connectivity index (χ2n) is 6.37. The Labute approximate surface area is 177 Å². The maximum Gasteiger partial charge on any atom is 0.416 e. The number of hydrogen-bond acceptors (Lipinski definition) is 5. The van der Waals surface area contributed by atoms with Crippen molar-refractivity contribution in [3.63, 3.8) is 0 Å². The van der Waals surface area contributed by atoms with Crippen molar-refractivity contribution >= 4 is 21.8 Å². The smallest absolute Gasteiger partial charge is 0.342 e. The maximum atomic E-state index is 13.0. The number of halogens is 4. The molecule has 11 heteroatoms. The number of carbonyl (C=O) groups excluding carboxylic acids is 1. The van der Waals surface area contributed by atoms with E-state index in [1.807, 2.05) is 6.07 Å². The first-order valence-electron chi connectivity index (χ1n) is 8.57. The quantitative estimate of drug-likeness (QED) is 0.608. The fourth-order valence-electron chi connectivity index (χ4n) is 2.69. The van der Waals surface area contributed by atoms with E-state index < -0.39 is 23.7 Å². The van der Waals surface area contributed by atoms with Crippen LogP contribution in [0.3, 0.4) is 0 Å². The van der Waals surface area contributed by atoms with E-state index in [4.69, 9.17) is 5.26 Å². The Morgan fingerprint density at radius 3 is 2.63 bits per heavy atom. The minimum atomic E-state index is -4.58. The van der Waals surface area contributed by atoms with Crippen molar-refractivity contribution in [1.82, 2.24) is 25.1 Å². The van der Waals surface area contributed by atoms with Crippen molar-refractivity contribution in [2.75, 3.05) is 0 Å². The zero-order valence-electron chi connectivity index (χ0n) is 15.7. The number of nitriles is 1. The molecule has 30 heavy (non-hydrogen) atoms. The first-order valence-corrected chi connectivity index (χ1v) is 9.36. The molecular weight excluding hydrogens is 465 g/mol. The van der Waals surface area contributed by atoms with E-state index >= 15 is 0 Å². The molecule has 0 fully saturated rings. The first-order chi connectivity index (χ1) is 14.1. The van der Waals surface area contributed by atoms with Crippen LogP contribution in [0.15, 0.2) is 41.0 Å². The minimum Gasteiger partial charge on any atom is -0.342 e. The number of nitrogens with one attached hydrogen (secondary N) is 1. The number of rotatable bonds is 4. The molecule has 2 heterocycles. The number of aryl methyl sites for hydroxylation is 1. The molecule has 3 aromatic rings. The van der Waals surface area contributed by atoms with Crippen molar-refractivity contribution < 1.29 is 18.0 Å². The van der Waals surface area contributed by atoms with Gasteiger partial charge in [-0.3, -0.25) is 4.79 Å². The molecule has 3 rings (SSSR count). The Morgan fingerprint density at radius 1 is 1.30 bits per heavy atom. The van der Waals surface area contributed by atoms with Crippen LogP contribution < -0.4 is 5.32 Å². The Morgan fingerprint density at radius 2 is 2.03 bits per heavy atom. The molecule has 1 atom stereocenters. The number of nitrogens with zero attached hydrogens (tertiary/aromatic N) is 5. The molecule has 0 aliphatic heterocycles. The largest absolute Gasteiger partial charge is 0.416 e. The zero-order valence-corrected chi connectivity index (χ0v) is 17.3. The van der Waals surface area contributed by atoms with Gasteiger partial charge >= 0.3 is 6.18 Å². The molecule has 7 nitrogen and oxygen atoms in total. The molecule has 1 unspecified atom stereocenters. The van der Waals surface area contributed by atoms with Crippen LogP contribution in [0.2, 0.25) is 0 Å². The Hall–Kier alpha value is -3.26. The Balaban J connectivity index is 1.88. The minimum absolute atomic E-state index is 0.135. The van der Waals surface area contributed by atoms with Crippen molar-refractivity contribution in [1.29, 1.82) is 5.26 Å². The van der Waals surface area contributed by atoms with Gasteiger partial charge in [0.1, 0.15) is 11.9 Å². The van der Waals surface area contributed by atoms with Gasteiger partial charge in [0, 0.05) is 16.2 Å². The summed E-state index contributed by atoms with van der Waals surface area (Å²) in [6, 6.07) is 7.40. The van der Waals surface area contributed by atoms with Crippen LogP contribution in [0.25, 0.3) is 5.82 Å². The lowest BCUT2D eigenvalue weighted by molar-refractivity contribution is -0.137. The summed E-state index contributed by atoms with van der Waals surface area (Å²) >= 11 is 3.00. The lowest BCUT2D eigenvalue weighted by atomic mass is 10.1. The number of carbonyl (C=O) groups is 1. The molecule has 0 spiro atoms. The van der Waals surface area contributed by atoms with Gasteiger partial charge in [-0.15, -0.1) is 5.10 Å². The van der Waals surface area contributed by atoms with Gasteiger partial charge in [-0.2, -0.15) is 23.1 Å². The summed E-state index contributed by atoms with van der Waals surface area (Å²) in [5, 5.41) is 15.8. The van der Waals surface area contributed by atoms with Crippen molar-refractivity contribution in [3.05, 3.63) is 69.3 Å². The molecule has 0 bridgehead atoms. The van der Waals surface area contributed by atoms with Crippen LogP contribution in [0.4, 0.5) is 13.2 Å². The molecule has 0 saturated heterocycles. The third-order valence-electron chi connectivity index (χ3n) is 4.05. The number of pyridine rings is 1. The lowest BCUT2D eigenvalue weighted by Crippen LogP contribution is -2.29. The molecule has 0 saturated carbocycles. The number of hydrogen-bond donors (Lipinski definition) is 1. The molecule has 1 aromatic carbocycles. The standard InChI is InChI=1S/C19H14BrF3N6O/c1-10(26-18(30)13-5-14(19(21,22)23)7-15(20)6-13)17-27-11(2)28-29(17)16-4-3-12(8-24)9-25-16/h3-7,9-10H,1-2H3,(H,26,30). The first kappa shape index (κ1) is 21.4. The molecule has 0 aliphatic rings. The number of benzene rings is 1. The summed E-state index contributed by atoms with van der Waals surface area (Å²) in [6.07, 6.45) is -3.21. The zero-order chi connectivity index (χ0) is 22.1. The molecule has 0 radical (unpaired) electrons. The van der Waals surface area contributed by atoms with Gasteiger partial charge in [0.15, 0.2) is 11.6 Å². The van der Waals surface area contributed by atoms with E-state index in [0.717, 1.165) is 12.1 Å². The second-order valence-corrected chi connectivity index (χ2v) is 7.28. The molecule has 2 aromatic heterocycles. The van der Waals surface area contributed by atoms with Gasteiger partial charge in [-0.1, -0.05) is 15.9 Å². The summed E-state index contributed by atoms with van der Waals surface area (Å²) in [5.41, 5.74) is -0.716. The number of aromatic nitrogens is 4. The number of amides is 1. The maximum absolute atomic E-state index is 13.0. The van der Waals surface area contributed by atoms with Crippen molar-refractivity contribution in [3.8, 4) is 11.9 Å². The molecular formula is C19H14BrF3N6O. The van der Waals surface area contributed by atoms with Crippen molar-refractivity contribution in [2.45, 2.75) is 26.1 Å². The molecule has 1 N–H and O–H groups in total. The fourth-order valence-corrected chi connectivity index (χ4v) is 3.18. The van der Waals surface area contributed by atoms with Gasteiger partial charge in [-0.05, 0) is 44.2 Å². The van der Waals surface area contributed by atoms with Gasteiger partial charge in [0.2, 0.25) is 0 Å². The average Bonchev–Trinajstić information content (AvgIpc) is 3.08. The van der Waals surface area contributed by atoms with Crippen LogP contribution in [-0.2, 0) is 6.18 Å². The normalized spacial score (nSPS) is 12.3. The highest BCUT2D eigenvalue weighted by Crippen LogP contribution is 2.32. The van der Waals surface area contributed by atoms with Crippen LogP contribution >= 0.6 is 15.9 Å². The molecule has 154 valence electrons. The SMILES string of the molecule is Cc1nc(C(C)NC(=O)c2cc(Br)cc(C(F)(F)F)c2)n(-c2ccc(C#N)cn2)n1. The van der Waals surface area contributed by atoms with Gasteiger partial charge < -0.3 is 5.32 Å². The van der Waals surface area contributed by atoms with Gasteiger partial charge in [-0.25, -0.2) is 9.97 Å². The lowest BCUT2D eigenvalue weighted by Gasteiger charge is -2.15. The van der Waals surface area contributed by atoms with E-state index in [2.05, 4.69) is 36.3 Å². The van der Waals surface area contributed by atoms with Crippen LogP contribution in [0.1, 0.15) is 46.1 Å². The van der Waals surface area contributed by atoms with Crippen molar-refractivity contribution in [2.24, 2.45) is 0 Å². The number of alkyl halides is 3. The average molecular weight is 479 g/mol. The monoisotopic (exact) mass is 478 g/mol. The van der Waals surface area contributed by atoms with E-state index in [0.29, 0.717) is 23.0 Å². The van der Waals surface area contributed by atoms with Crippen LogP contribution in [0.5, 0.6) is 0 Å². The van der Waals surface area contributed by atoms with Crippen LogP contribution in [0, 0.1) is 18.3 Å². The molecule has 0 aliphatic carbocycles. The van der Waals surface area contributed by atoms with Crippen LogP contribution in [-0.4, -0.2) is 25.7 Å². The third kappa shape index (κ3) is 4.65. The summed E-state index contributed by atoms with van der Waals surface area (Å²) in [6.45, 7) is 3.28. The van der Waals surface area contributed by atoms with Gasteiger partial charge in [0.05, 0.1) is 17.2 Å². The van der Waals surface area contributed by atoms with E-state index in [-0.39, 0.29) is 10.0 Å². The predicted molar refractivity (Wildman–Crippen MR) is 104 cm³/mol. The summed E-state index contributed by atoms with van der Waals surface area (Å²) in [4.78, 5) is 21.0. The van der Waals surface area contributed by atoms with E-state index in [1.54, 1.807) is 26.0 Å².